The Hall–Kier alpha value is -2.41. The Morgan fingerprint density at radius 2 is 2.04 bits per heavy atom. The summed E-state index contributed by atoms with van der Waals surface area (Å²) >= 11 is 0. The lowest BCUT2D eigenvalue weighted by Gasteiger charge is -2.33. The number of hydrogen-bond acceptors (Lipinski definition) is 4. The van der Waals surface area contributed by atoms with Crippen molar-refractivity contribution < 1.29 is 24.2 Å². The quantitative estimate of drug-likeness (QED) is 0.876. The number of aliphatic carboxylic acids is 1. The van der Waals surface area contributed by atoms with Gasteiger partial charge in [0.05, 0.1) is 25.0 Å². The van der Waals surface area contributed by atoms with Crippen molar-refractivity contribution in [2.45, 2.75) is 32.8 Å². The lowest BCUT2D eigenvalue weighted by molar-refractivity contribution is -0.149. The minimum atomic E-state index is -0.943. The van der Waals surface area contributed by atoms with Crippen LogP contribution in [0, 0.1) is 19.8 Å². The summed E-state index contributed by atoms with van der Waals surface area (Å²) in [4.78, 5) is 39.6. The maximum atomic E-state index is 12.9. The molecule has 2 aliphatic heterocycles. The van der Waals surface area contributed by atoms with Crippen molar-refractivity contribution >= 4 is 23.5 Å². The number of rotatable bonds is 4. The van der Waals surface area contributed by atoms with Crippen molar-refractivity contribution in [3.05, 3.63) is 29.3 Å². The summed E-state index contributed by atoms with van der Waals surface area (Å²) in [5.74, 6) is -1.48. The number of carbonyl (C=O) groups excluding carboxylic acids is 2. The molecule has 1 N–H and O–H groups in total. The molecule has 26 heavy (non-hydrogen) atoms. The van der Waals surface area contributed by atoms with Gasteiger partial charge in [-0.1, -0.05) is 12.1 Å². The molecule has 7 nitrogen and oxygen atoms in total. The molecule has 0 aliphatic carbocycles. The summed E-state index contributed by atoms with van der Waals surface area (Å²) in [6.07, 6.45) is -0.424. The highest BCUT2D eigenvalue weighted by Gasteiger charge is 2.39. The van der Waals surface area contributed by atoms with Gasteiger partial charge in [0.2, 0.25) is 11.8 Å². The van der Waals surface area contributed by atoms with Crippen molar-refractivity contribution in [2.24, 2.45) is 5.92 Å². The zero-order chi connectivity index (χ0) is 18.8. The number of amides is 2. The first-order valence-electron chi connectivity index (χ1n) is 8.85. The maximum Gasteiger partial charge on any atom is 0.306 e. The molecule has 0 radical (unpaired) electrons. The average molecular weight is 360 g/mol. The largest absolute Gasteiger partial charge is 0.481 e. The minimum Gasteiger partial charge on any atom is -0.481 e. The van der Waals surface area contributed by atoms with Gasteiger partial charge in [0.25, 0.3) is 0 Å². The Kier molecular flexibility index (Phi) is 5.27. The molecule has 2 atom stereocenters. The lowest BCUT2D eigenvalue weighted by atomic mass is 10.1. The van der Waals surface area contributed by atoms with Crippen LogP contribution in [-0.2, 0) is 19.1 Å². The van der Waals surface area contributed by atoms with E-state index in [0.29, 0.717) is 19.7 Å². The predicted molar refractivity (Wildman–Crippen MR) is 94.9 cm³/mol. The van der Waals surface area contributed by atoms with E-state index in [2.05, 4.69) is 0 Å². The third-order valence-corrected chi connectivity index (χ3v) is 5.19. The van der Waals surface area contributed by atoms with E-state index >= 15 is 0 Å². The molecule has 2 amide bonds. The molecule has 0 saturated carbocycles. The second-order valence-electron chi connectivity index (χ2n) is 7.00. The molecule has 2 heterocycles. The van der Waals surface area contributed by atoms with Gasteiger partial charge >= 0.3 is 5.97 Å². The summed E-state index contributed by atoms with van der Waals surface area (Å²) in [6.45, 7) is 5.36. The molecule has 1 aromatic rings. The summed E-state index contributed by atoms with van der Waals surface area (Å²) < 4.78 is 5.42. The number of hydrogen-bond donors (Lipinski definition) is 1. The van der Waals surface area contributed by atoms with Gasteiger partial charge in [0, 0.05) is 31.7 Å². The van der Waals surface area contributed by atoms with Crippen LogP contribution in [0.1, 0.15) is 24.0 Å². The van der Waals surface area contributed by atoms with Crippen molar-refractivity contribution in [3.63, 3.8) is 0 Å². The number of benzene rings is 1. The summed E-state index contributed by atoms with van der Waals surface area (Å²) in [5, 5.41) is 8.91. The first-order chi connectivity index (χ1) is 12.4. The highest BCUT2D eigenvalue weighted by Crippen LogP contribution is 2.30. The Labute approximate surface area is 152 Å². The highest BCUT2D eigenvalue weighted by molar-refractivity contribution is 6.01. The van der Waals surface area contributed by atoms with Gasteiger partial charge in [-0.2, -0.15) is 0 Å². The molecule has 2 unspecified atom stereocenters. The van der Waals surface area contributed by atoms with Crippen molar-refractivity contribution in [3.8, 4) is 0 Å². The van der Waals surface area contributed by atoms with Gasteiger partial charge < -0.3 is 19.6 Å². The maximum absolute atomic E-state index is 12.9. The number of ether oxygens (including phenoxy) is 1. The number of morpholine rings is 1. The molecule has 2 aliphatic rings. The summed E-state index contributed by atoms with van der Waals surface area (Å²) in [7, 11) is 0. The van der Waals surface area contributed by atoms with E-state index in [9.17, 15) is 14.4 Å². The normalized spacial score (nSPS) is 23.4. The second kappa shape index (κ2) is 7.45. The van der Waals surface area contributed by atoms with E-state index < -0.39 is 18.0 Å². The van der Waals surface area contributed by atoms with Gasteiger partial charge in [-0.05, 0) is 31.0 Å². The smallest absolute Gasteiger partial charge is 0.306 e. The van der Waals surface area contributed by atoms with Crippen LogP contribution in [0.25, 0.3) is 0 Å². The highest BCUT2D eigenvalue weighted by atomic mass is 16.5. The summed E-state index contributed by atoms with van der Waals surface area (Å²) in [5.41, 5.74) is 3.01. The Morgan fingerprint density at radius 3 is 2.77 bits per heavy atom. The van der Waals surface area contributed by atoms with Gasteiger partial charge in [0.1, 0.15) is 0 Å². The predicted octanol–water partition coefficient (Wildman–Crippen LogP) is 1.36. The van der Waals surface area contributed by atoms with E-state index in [0.717, 1.165) is 16.8 Å². The van der Waals surface area contributed by atoms with Gasteiger partial charge in [-0.15, -0.1) is 0 Å². The molecule has 2 saturated heterocycles. The van der Waals surface area contributed by atoms with Crippen molar-refractivity contribution in [1.29, 1.82) is 0 Å². The molecule has 3 rings (SSSR count). The number of carboxylic acid groups (broad SMARTS) is 1. The van der Waals surface area contributed by atoms with E-state index in [1.807, 2.05) is 32.0 Å². The zero-order valence-corrected chi connectivity index (χ0v) is 15.1. The fourth-order valence-electron chi connectivity index (χ4n) is 3.63. The van der Waals surface area contributed by atoms with Crippen LogP contribution in [-0.4, -0.2) is 60.1 Å². The lowest BCUT2D eigenvalue weighted by Crippen LogP contribution is -2.48. The van der Waals surface area contributed by atoms with E-state index in [1.165, 1.54) is 0 Å². The molecule has 1 aromatic carbocycles. The van der Waals surface area contributed by atoms with Gasteiger partial charge in [0.15, 0.2) is 0 Å². The Bertz CT molecular complexity index is 733. The fourth-order valence-corrected chi connectivity index (χ4v) is 3.63. The van der Waals surface area contributed by atoms with Crippen molar-refractivity contribution in [1.82, 2.24) is 4.90 Å². The van der Waals surface area contributed by atoms with Crippen LogP contribution in [0.5, 0.6) is 0 Å². The molecule has 0 bridgehead atoms. The molecule has 2 fully saturated rings. The van der Waals surface area contributed by atoms with Crippen LogP contribution in [0.15, 0.2) is 18.2 Å². The molecule has 140 valence electrons. The van der Waals surface area contributed by atoms with E-state index in [1.54, 1.807) is 9.80 Å². The molecular weight excluding hydrogens is 336 g/mol. The summed E-state index contributed by atoms with van der Waals surface area (Å²) in [6, 6.07) is 5.82. The fraction of sp³-hybridized carbons (Fsp3) is 0.526. The number of carbonyl (C=O) groups is 3. The van der Waals surface area contributed by atoms with Gasteiger partial charge in [-0.25, -0.2) is 0 Å². The van der Waals surface area contributed by atoms with E-state index in [-0.39, 0.29) is 31.2 Å². The Morgan fingerprint density at radius 1 is 1.27 bits per heavy atom. The number of nitrogens with zero attached hydrogens (tertiary/aromatic N) is 2. The molecule has 0 aromatic heterocycles. The monoisotopic (exact) mass is 360 g/mol. The molecular formula is C19H24N2O5. The number of carboxylic acids is 1. The SMILES string of the molecule is Cc1cccc(N2CC(C(=O)N3CCOC(CC(=O)O)C3)CC2=O)c1C. The standard InChI is InChI=1S/C19H24N2O5/c1-12-4-3-5-16(13(12)2)21-10-14(8-17(21)22)19(25)20-6-7-26-15(11-20)9-18(23)24/h3-5,14-15H,6-11H2,1-2H3,(H,23,24). The first kappa shape index (κ1) is 18.4. The van der Waals surface area contributed by atoms with Crippen LogP contribution in [0.2, 0.25) is 0 Å². The van der Waals surface area contributed by atoms with Crippen LogP contribution < -0.4 is 4.90 Å². The minimum absolute atomic E-state index is 0.0487. The number of aryl methyl sites for hydroxylation is 1. The topological polar surface area (TPSA) is 87.2 Å². The van der Waals surface area contributed by atoms with Crippen LogP contribution in [0.3, 0.4) is 0 Å². The number of anilines is 1. The van der Waals surface area contributed by atoms with Gasteiger partial charge in [-0.3, -0.25) is 14.4 Å². The molecule has 7 heteroatoms. The Balaban J connectivity index is 1.69. The zero-order valence-electron chi connectivity index (χ0n) is 15.1. The third kappa shape index (κ3) is 3.72. The third-order valence-electron chi connectivity index (χ3n) is 5.19. The van der Waals surface area contributed by atoms with E-state index in [4.69, 9.17) is 9.84 Å². The second-order valence-corrected chi connectivity index (χ2v) is 7.00. The average Bonchev–Trinajstić information content (AvgIpc) is 2.98. The van der Waals surface area contributed by atoms with Crippen LogP contribution in [0.4, 0.5) is 5.69 Å². The molecule has 0 spiro atoms. The van der Waals surface area contributed by atoms with Crippen LogP contribution >= 0.6 is 0 Å². The van der Waals surface area contributed by atoms with Crippen molar-refractivity contribution in [2.75, 3.05) is 31.1 Å². The first-order valence-corrected chi connectivity index (χ1v) is 8.85.